The molecule has 0 atom stereocenters. The number of carbonyl (C=O) groups is 1. The van der Waals surface area contributed by atoms with Crippen molar-refractivity contribution in [1.29, 1.82) is 0 Å². The first-order valence-electron chi connectivity index (χ1n) is 5.34. The van der Waals surface area contributed by atoms with E-state index in [2.05, 4.69) is 19.7 Å². The SMILES string of the molecule is CC(F)(F)c1cc(OC(=O)Nc2ccccc2)on1. The Bertz CT molecular complexity index is 564. The minimum atomic E-state index is -3.15. The topological polar surface area (TPSA) is 64.4 Å². The highest BCUT2D eigenvalue weighted by Crippen LogP contribution is 2.28. The zero-order chi connectivity index (χ0) is 13.9. The van der Waals surface area contributed by atoms with Gasteiger partial charge in [-0.25, -0.2) is 4.79 Å². The number of hydrogen-bond donors (Lipinski definition) is 1. The van der Waals surface area contributed by atoms with E-state index in [4.69, 9.17) is 0 Å². The summed E-state index contributed by atoms with van der Waals surface area (Å²) in [6.45, 7) is 0.665. The number of alkyl halides is 2. The molecular weight excluding hydrogens is 258 g/mol. The van der Waals surface area contributed by atoms with Crippen LogP contribution >= 0.6 is 0 Å². The van der Waals surface area contributed by atoms with Crippen molar-refractivity contribution in [2.75, 3.05) is 5.32 Å². The third-order valence-electron chi connectivity index (χ3n) is 2.15. The average Bonchev–Trinajstić information content (AvgIpc) is 2.78. The number of halogens is 2. The van der Waals surface area contributed by atoms with Crippen molar-refractivity contribution in [3.63, 3.8) is 0 Å². The quantitative estimate of drug-likeness (QED) is 0.926. The summed E-state index contributed by atoms with van der Waals surface area (Å²) in [5.41, 5.74) is -0.0944. The number of rotatable bonds is 3. The number of hydrogen-bond acceptors (Lipinski definition) is 4. The number of nitrogens with zero attached hydrogens (tertiary/aromatic N) is 1. The molecule has 100 valence electrons. The molecule has 0 fully saturated rings. The molecule has 19 heavy (non-hydrogen) atoms. The van der Waals surface area contributed by atoms with E-state index in [9.17, 15) is 13.6 Å². The Balaban J connectivity index is 1.98. The first-order valence-corrected chi connectivity index (χ1v) is 5.34. The number of ether oxygens (including phenoxy) is 1. The smallest absolute Gasteiger partial charge is 0.374 e. The Kier molecular flexibility index (Phi) is 3.46. The van der Waals surface area contributed by atoms with Gasteiger partial charge in [-0.1, -0.05) is 23.4 Å². The Morgan fingerprint density at radius 2 is 2.05 bits per heavy atom. The molecule has 0 aliphatic carbocycles. The minimum absolute atomic E-state index is 0.398. The molecule has 0 radical (unpaired) electrons. The van der Waals surface area contributed by atoms with Gasteiger partial charge in [0.2, 0.25) is 0 Å². The molecule has 5 nitrogen and oxygen atoms in total. The van der Waals surface area contributed by atoms with Crippen molar-refractivity contribution >= 4 is 11.8 Å². The Labute approximate surface area is 107 Å². The fourth-order valence-electron chi connectivity index (χ4n) is 1.27. The summed E-state index contributed by atoms with van der Waals surface area (Å²) in [4.78, 5) is 11.4. The Hall–Kier alpha value is -2.44. The maximum atomic E-state index is 12.9. The lowest BCUT2D eigenvalue weighted by molar-refractivity contribution is 0.00963. The van der Waals surface area contributed by atoms with Gasteiger partial charge in [0.15, 0.2) is 5.69 Å². The summed E-state index contributed by atoms with van der Waals surface area (Å²) in [6.07, 6.45) is -0.853. The van der Waals surface area contributed by atoms with E-state index in [1.807, 2.05) is 0 Å². The molecule has 1 aromatic carbocycles. The minimum Gasteiger partial charge on any atom is -0.374 e. The van der Waals surface area contributed by atoms with Crippen molar-refractivity contribution in [3.05, 3.63) is 42.1 Å². The zero-order valence-corrected chi connectivity index (χ0v) is 9.89. The van der Waals surface area contributed by atoms with Crippen molar-refractivity contribution in [2.45, 2.75) is 12.8 Å². The lowest BCUT2D eigenvalue weighted by Gasteiger charge is -2.03. The molecule has 0 unspecified atom stereocenters. The van der Waals surface area contributed by atoms with E-state index in [0.717, 1.165) is 6.07 Å². The van der Waals surface area contributed by atoms with Crippen LogP contribution in [-0.2, 0) is 5.92 Å². The van der Waals surface area contributed by atoms with Crippen LogP contribution in [0.5, 0.6) is 5.95 Å². The molecule has 1 amide bonds. The predicted molar refractivity (Wildman–Crippen MR) is 62.2 cm³/mol. The maximum Gasteiger partial charge on any atom is 0.419 e. The van der Waals surface area contributed by atoms with Crippen molar-refractivity contribution in [1.82, 2.24) is 5.16 Å². The van der Waals surface area contributed by atoms with Gasteiger partial charge in [-0.15, -0.1) is 0 Å². The number of aromatic nitrogens is 1. The van der Waals surface area contributed by atoms with Crippen LogP contribution in [0.1, 0.15) is 12.6 Å². The third-order valence-corrected chi connectivity index (χ3v) is 2.15. The van der Waals surface area contributed by atoms with E-state index in [0.29, 0.717) is 12.6 Å². The second kappa shape index (κ2) is 5.05. The fourth-order valence-corrected chi connectivity index (χ4v) is 1.27. The van der Waals surface area contributed by atoms with Gasteiger partial charge in [-0.05, 0) is 12.1 Å². The molecule has 0 saturated carbocycles. The lowest BCUT2D eigenvalue weighted by Crippen LogP contribution is -2.16. The summed E-state index contributed by atoms with van der Waals surface area (Å²) in [5, 5.41) is 5.52. The summed E-state index contributed by atoms with van der Waals surface area (Å²) in [7, 11) is 0. The van der Waals surface area contributed by atoms with Crippen molar-refractivity contribution < 1.29 is 22.8 Å². The highest BCUT2D eigenvalue weighted by molar-refractivity contribution is 5.85. The van der Waals surface area contributed by atoms with Crippen LogP contribution in [0.3, 0.4) is 0 Å². The molecule has 2 aromatic rings. The molecule has 7 heteroatoms. The molecule has 2 rings (SSSR count). The predicted octanol–water partition coefficient (Wildman–Crippen LogP) is 3.40. The number of carbonyl (C=O) groups excluding carboxylic acids is 1. The first-order chi connectivity index (χ1) is 8.95. The molecule has 0 bridgehead atoms. The van der Waals surface area contributed by atoms with Crippen LogP contribution in [0.2, 0.25) is 0 Å². The molecule has 1 N–H and O–H groups in total. The van der Waals surface area contributed by atoms with Gasteiger partial charge in [0, 0.05) is 12.6 Å². The second-order valence-electron chi connectivity index (χ2n) is 3.80. The third kappa shape index (κ3) is 3.51. The summed E-state index contributed by atoms with van der Waals surface area (Å²) in [6, 6.07) is 9.38. The molecule has 0 aliphatic rings. The van der Waals surface area contributed by atoms with Crippen LogP contribution in [0, 0.1) is 0 Å². The van der Waals surface area contributed by atoms with Crippen molar-refractivity contribution in [2.24, 2.45) is 0 Å². The normalized spacial score (nSPS) is 11.1. The van der Waals surface area contributed by atoms with Crippen LogP contribution < -0.4 is 10.1 Å². The summed E-state index contributed by atoms with van der Waals surface area (Å²) >= 11 is 0. The number of amides is 1. The van der Waals surface area contributed by atoms with Crippen LogP contribution in [-0.4, -0.2) is 11.2 Å². The number of para-hydroxylation sites is 1. The van der Waals surface area contributed by atoms with E-state index < -0.39 is 23.7 Å². The number of benzene rings is 1. The van der Waals surface area contributed by atoms with Gasteiger partial charge in [-0.2, -0.15) is 8.78 Å². The van der Waals surface area contributed by atoms with Crippen LogP contribution in [0.25, 0.3) is 0 Å². The maximum absolute atomic E-state index is 12.9. The highest BCUT2D eigenvalue weighted by Gasteiger charge is 2.29. The average molecular weight is 268 g/mol. The zero-order valence-electron chi connectivity index (χ0n) is 9.89. The number of anilines is 1. The van der Waals surface area contributed by atoms with Crippen molar-refractivity contribution in [3.8, 4) is 5.95 Å². The number of nitrogens with one attached hydrogen (secondary N) is 1. The highest BCUT2D eigenvalue weighted by atomic mass is 19.3. The van der Waals surface area contributed by atoms with Crippen LogP contribution in [0.4, 0.5) is 19.3 Å². The first kappa shape index (κ1) is 13.0. The molecule has 1 heterocycles. The fraction of sp³-hybridized carbons (Fsp3) is 0.167. The van der Waals surface area contributed by atoms with Gasteiger partial charge < -0.3 is 9.26 Å². The molecule has 1 aromatic heterocycles. The summed E-state index contributed by atoms with van der Waals surface area (Å²) < 4.78 is 34.9. The van der Waals surface area contributed by atoms with E-state index in [-0.39, 0.29) is 0 Å². The Morgan fingerprint density at radius 3 is 2.63 bits per heavy atom. The van der Waals surface area contributed by atoms with Gasteiger partial charge in [0.05, 0.1) is 6.07 Å². The standard InChI is InChI=1S/C12H10F2N2O3/c1-12(13,14)9-7-10(19-16-9)18-11(17)15-8-5-3-2-4-6-8/h2-7H,1H3,(H,15,17). The second-order valence-corrected chi connectivity index (χ2v) is 3.80. The monoisotopic (exact) mass is 268 g/mol. The molecule has 0 saturated heterocycles. The van der Waals surface area contributed by atoms with E-state index in [1.54, 1.807) is 30.3 Å². The van der Waals surface area contributed by atoms with Gasteiger partial charge in [-0.3, -0.25) is 5.32 Å². The molecule has 0 spiro atoms. The van der Waals surface area contributed by atoms with Crippen LogP contribution in [0.15, 0.2) is 40.9 Å². The van der Waals surface area contributed by atoms with Gasteiger partial charge >= 0.3 is 12.0 Å². The van der Waals surface area contributed by atoms with E-state index >= 15 is 0 Å². The Morgan fingerprint density at radius 1 is 1.37 bits per heavy atom. The largest absolute Gasteiger partial charge is 0.419 e. The van der Waals surface area contributed by atoms with E-state index in [1.165, 1.54) is 0 Å². The lowest BCUT2D eigenvalue weighted by atomic mass is 10.3. The summed E-state index contributed by atoms with van der Waals surface area (Å²) in [5.74, 6) is -3.55. The van der Waals surface area contributed by atoms with Gasteiger partial charge in [0.1, 0.15) is 0 Å². The van der Waals surface area contributed by atoms with Gasteiger partial charge in [0.25, 0.3) is 5.92 Å². The molecule has 0 aliphatic heterocycles. The molecular formula is C12H10F2N2O3.